The van der Waals surface area contributed by atoms with Gasteiger partial charge in [0.2, 0.25) is 15.9 Å². The summed E-state index contributed by atoms with van der Waals surface area (Å²) in [7, 11) is -3.59. The first-order valence-electron chi connectivity index (χ1n) is 10.1. The average Bonchev–Trinajstić information content (AvgIpc) is 2.78. The van der Waals surface area contributed by atoms with Crippen molar-refractivity contribution in [1.82, 2.24) is 19.0 Å². The highest BCUT2D eigenvalue weighted by Crippen LogP contribution is 2.19. The molecule has 0 bridgehead atoms. The Bertz CT molecular complexity index is 849. The summed E-state index contributed by atoms with van der Waals surface area (Å²) < 4.78 is 27.2. The lowest BCUT2D eigenvalue weighted by Gasteiger charge is -2.40. The van der Waals surface area contributed by atoms with E-state index in [9.17, 15) is 13.2 Å². The van der Waals surface area contributed by atoms with Crippen molar-refractivity contribution in [3.05, 3.63) is 29.8 Å². The molecule has 1 aromatic carbocycles. The molecule has 3 rings (SSSR count). The van der Waals surface area contributed by atoms with Crippen molar-refractivity contribution in [2.45, 2.75) is 24.8 Å². The van der Waals surface area contributed by atoms with Gasteiger partial charge in [-0.15, -0.1) is 0 Å². The first-order valence-corrected chi connectivity index (χ1v) is 11.6. The molecule has 0 aliphatic carbocycles. The normalized spacial score (nSPS) is 20.9. The lowest BCUT2D eigenvalue weighted by atomic mass is 10.2. The van der Waals surface area contributed by atoms with Crippen LogP contribution in [0, 0.1) is 11.3 Å². The van der Waals surface area contributed by atoms with Crippen LogP contribution in [0.15, 0.2) is 29.2 Å². The van der Waals surface area contributed by atoms with Crippen LogP contribution in [-0.4, -0.2) is 98.3 Å². The largest absolute Gasteiger partial charge is 0.339 e. The van der Waals surface area contributed by atoms with Gasteiger partial charge < -0.3 is 9.80 Å². The number of sulfonamides is 1. The maximum absolute atomic E-state index is 12.9. The number of piperazine rings is 2. The smallest absolute Gasteiger partial charge is 0.243 e. The summed E-state index contributed by atoms with van der Waals surface area (Å²) in [6, 6.07) is 7.73. The number of benzene rings is 1. The van der Waals surface area contributed by atoms with Gasteiger partial charge in [0, 0.05) is 52.4 Å². The third kappa shape index (κ3) is 4.78. The molecule has 9 heteroatoms. The Morgan fingerprint density at radius 2 is 1.62 bits per heavy atom. The highest BCUT2D eigenvalue weighted by Gasteiger charge is 2.33. The van der Waals surface area contributed by atoms with Gasteiger partial charge in [-0.05, 0) is 37.7 Å². The number of carbonyl (C=O) groups is 1. The van der Waals surface area contributed by atoms with E-state index in [-0.39, 0.29) is 16.8 Å². The monoisotopic (exact) mass is 419 g/mol. The number of rotatable bonds is 5. The van der Waals surface area contributed by atoms with Crippen LogP contribution in [0.1, 0.15) is 19.4 Å². The summed E-state index contributed by atoms with van der Waals surface area (Å²) in [6.07, 6.45) is 0. The number of hydrogen-bond donors (Lipinski definition) is 0. The summed E-state index contributed by atoms with van der Waals surface area (Å²) in [4.78, 5) is 19.4. The molecule has 1 amide bonds. The molecule has 0 saturated carbocycles. The molecule has 2 heterocycles. The molecular weight excluding hydrogens is 390 g/mol. The Morgan fingerprint density at radius 1 is 1.03 bits per heavy atom. The topological polar surface area (TPSA) is 88.0 Å². The lowest BCUT2D eigenvalue weighted by molar-refractivity contribution is -0.138. The molecule has 0 unspecified atom stereocenters. The second kappa shape index (κ2) is 9.22. The first-order chi connectivity index (χ1) is 13.9. The molecule has 1 aromatic rings. The number of carbonyl (C=O) groups excluding carboxylic acids is 1. The second-order valence-electron chi connectivity index (χ2n) is 7.51. The lowest BCUT2D eigenvalue weighted by Crippen LogP contribution is -2.57. The van der Waals surface area contributed by atoms with Crippen LogP contribution in [0.2, 0.25) is 0 Å². The highest BCUT2D eigenvalue weighted by atomic mass is 32.2. The maximum atomic E-state index is 12.9. The van der Waals surface area contributed by atoms with Crippen molar-refractivity contribution in [3.8, 4) is 6.07 Å². The fourth-order valence-electron chi connectivity index (χ4n) is 3.89. The number of likely N-dealkylation sites (N-methyl/N-ethyl adjacent to an activating group) is 1. The second-order valence-corrected chi connectivity index (χ2v) is 9.45. The van der Waals surface area contributed by atoms with Crippen LogP contribution in [0.25, 0.3) is 0 Å². The Hall–Kier alpha value is -1.99. The fourth-order valence-corrected chi connectivity index (χ4v) is 5.31. The van der Waals surface area contributed by atoms with Crippen molar-refractivity contribution in [2.75, 3.05) is 58.9 Å². The average molecular weight is 420 g/mol. The molecule has 0 N–H and O–H groups in total. The van der Waals surface area contributed by atoms with Gasteiger partial charge in [0.25, 0.3) is 0 Å². The van der Waals surface area contributed by atoms with Crippen LogP contribution in [-0.2, 0) is 14.8 Å². The molecular formula is C20H29N5O3S. The van der Waals surface area contributed by atoms with Crippen LogP contribution < -0.4 is 0 Å². The van der Waals surface area contributed by atoms with E-state index < -0.39 is 10.0 Å². The number of nitrogens with zero attached hydrogens (tertiary/aromatic N) is 5. The summed E-state index contributed by atoms with van der Waals surface area (Å²) in [5.41, 5.74) is 0.431. The Kier molecular flexibility index (Phi) is 6.90. The van der Waals surface area contributed by atoms with Gasteiger partial charge >= 0.3 is 0 Å². The van der Waals surface area contributed by atoms with Crippen molar-refractivity contribution in [2.24, 2.45) is 0 Å². The fraction of sp³-hybridized carbons (Fsp3) is 0.600. The van der Waals surface area contributed by atoms with E-state index in [0.717, 1.165) is 32.7 Å². The van der Waals surface area contributed by atoms with Gasteiger partial charge in [0.15, 0.2) is 0 Å². The number of amides is 1. The predicted octanol–water partition coefficient (Wildman–Crippen LogP) is 0.417. The van der Waals surface area contributed by atoms with E-state index in [1.807, 2.05) is 17.9 Å². The summed E-state index contributed by atoms with van der Waals surface area (Å²) in [5.74, 6) is 0.129. The van der Waals surface area contributed by atoms with Crippen molar-refractivity contribution in [1.29, 1.82) is 5.26 Å². The van der Waals surface area contributed by atoms with Crippen LogP contribution in [0.4, 0.5) is 0 Å². The van der Waals surface area contributed by atoms with Crippen LogP contribution >= 0.6 is 0 Å². The van der Waals surface area contributed by atoms with Gasteiger partial charge in [0.05, 0.1) is 22.6 Å². The zero-order chi connectivity index (χ0) is 21.0. The molecule has 29 heavy (non-hydrogen) atoms. The predicted molar refractivity (Wildman–Crippen MR) is 110 cm³/mol. The number of hydrogen-bond acceptors (Lipinski definition) is 6. The quantitative estimate of drug-likeness (QED) is 0.687. The maximum Gasteiger partial charge on any atom is 0.243 e. The van der Waals surface area contributed by atoms with E-state index in [1.165, 1.54) is 28.6 Å². The van der Waals surface area contributed by atoms with Crippen LogP contribution in [0.5, 0.6) is 0 Å². The van der Waals surface area contributed by atoms with Crippen molar-refractivity contribution in [3.63, 3.8) is 0 Å². The third-order valence-electron chi connectivity index (χ3n) is 5.93. The Labute approximate surface area is 173 Å². The Balaban J connectivity index is 1.56. The van der Waals surface area contributed by atoms with Gasteiger partial charge in [-0.2, -0.15) is 9.57 Å². The van der Waals surface area contributed by atoms with E-state index in [4.69, 9.17) is 5.26 Å². The van der Waals surface area contributed by atoms with Crippen LogP contribution in [0.3, 0.4) is 0 Å². The molecule has 2 fully saturated rings. The molecule has 0 spiro atoms. The summed E-state index contributed by atoms with van der Waals surface area (Å²) in [6.45, 7) is 10.1. The number of nitriles is 1. The molecule has 0 radical (unpaired) electrons. The molecule has 1 atom stereocenters. The van der Waals surface area contributed by atoms with E-state index in [0.29, 0.717) is 31.7 Å². The SMILES string of the molecule is CCN1CCN(C(=O)[C@@H](C)N2CCN(S(=O)(=O)c3ccc(C#N)cc3)CC2)CC1. The standard InChI is InChI=1S/C20H29N5O3S/c1-3-22-8-10-24(11-9-22)20(26)17(2)23-12-14-25(15-13-23)29(27,28)19-6-4-18(16-21)5-7-19/h4-7,17H,3,8-15H2,1-2H3/t17-/m1/s1. The van der Waals surface area contributed by atoms with Crippen molar-refractivity contribution >= 4 is 15.9 Å². The zero-order valence-corrected chi connectivity index (χ0v) is 17.9. The van der Waals surface area contributed by atoms with Gasteiger partial charge in [-0.25, -0.2) is 8.42 Å². The summed E-state index contributed by atoms with van der Waals surface area (Å²) in [5, 5.41) is 8.88. The molecule has 2 saturated heterocycles. The van der Waals surface area contributed by atoms with E-state index in [2.05, 4.69) is 16.7 Å². The van der Waals surface area contributed by atoms with Gasteiger partial charge in [0.1, 0.15) is 0 Å². The Morgan fingerprint density at radius 3 is 2.14 bits per heavy atom. The minimum atomic E-state index is -3.59. The first kappa shape index (κ1) is 21.7. The molecule has 2 aliphatic heterocycles. The van der Waals surface area contributed by atoms with Crippen molar-refractivity contribution < 1.29 is 13.2 Å². The molecule has 2 aliphatic rings. The van der Waals surface area contributed by atoms with Gasteiger partial charge in [-0.3, -0.25) is 9.69 Å². The van der Waals surface area contributed by atoms with E-state index >= 15 is 0 Å². The summed E-state index contributed by atoms with van der Waals surface area (Å²) >= 11 is 0. The minimum Gasteiger partial charge on any atom is -0.339 e. The zero-order valence-electron chi connectivity index (χ0n) is 17.1. The third-order valence-corrected chi connectivity index (χ3v) is 7.84. The highest BCUT2D eigenvalue weighted by molar-refractivity contribution is 7.89. The minimum absolute atomic E-state index is 0.129. The van der Waals surface area contributed by atoms with E-state index in [1.54, 1.807) is 0 Å². The molecule has 0 aromatic heterocycles. The van der Waals surface area contributed by atoms with Gasteiger partial charge in [-0.1, -0.05) is 6.92 Å². The molecule has 158 valence electrons. The molecule has 8 nitrogen and oxygen atoms in total.